The van der Waals surface area contributed by atoms with E-state index in [-0.39, 0.29) is 13.0 Å². The van der Waals surface area contributed by atoms with Crippen LogP contribution in [0.1, 0.15) is 16.8 Å². The average molecular weight is 275 g/mol. The number of nitrogens with zero attached hydrogens (tertiary/aromatic N) is 2. The van der Waals surface area contributed by atoms with Crippen LogP contribution in [-0.2, 0) is 4.79 Å². The molecule has 2 aromatic rings. The number of fused-ring (bicyclic) bond motifs is 1. The molecule has 1 aromatic heterocycles. The van der Waals surface area contributed by atoms with Gasteiger partial charge in [0, 0.05) is 31.0 Å². The summed E-state index contributed by atoms with van der Waals surface area (Å²) in [4.78, 5) is 31.0. The van der Waals surface area contributed by atoms with Crippen LogP contribution in [0.3, 0.4) is 0 Å². The molecule has 104 valence electrons. The van der Waals surface area contributed by atoms with Gasteiger partial charge >= 0.3 is 5.97 Å². The molecule has 0 fully saturated rings. The third-order valence-electron chi connectivity index (χ3n) is 2.75. The van der Waals surface area contributed by atoms with Gasteiger partial charge in [-0.2, -0.15) is 0 Å². The predicted octanol–water partition coefficient (Wildman–Crippen LogP) is 0.195. The maximum Gasteiger partial charge on any atom is 0.326 e. The third-order valence-corrected chi connectivity index (χ3v) is 2.75. The average Bonchev–Trinajstić information content (AvgIpc) is 2.46. The number of aliphatic hydroxyl groups excluding tert-OH is 1. The molecule has 0 saturated carbocycles. The Morgan fingerprint density at radius 1 is 1.20 bits per heavy atom. The van der Waals surface area contributed by atoms with Gasteiger partial charge in [-0.05, 0) is 18.2 Å². The van der Waals surface area contributed by atoms with Crippen molar-refractivity contribution < 1.29 is 19.8 Å². The van der Waals surface area contributed by atoms with E-state index in [4.69, 9.17) is 10.2 Å². The molecule has 0 spiro atoms. The standard InChI is InChI=1S/C13H13N3O4/c17-6-3-10(13(19)20)16-12(18)8-1-2-9-11(7-8)15-5-4-14-9/h1-2,4-5,7,10,17H,3,6H2,(H,16,18)(H,19,20)/t10-/m1/s1. The number of carboxylic acids is 1. The lowest BCUT2D eigenvalue weighted by atomic mass is 10.1. The number of carbonyl (C=O) groups excluding carboxylic acids is 1. The van der Waals surface area contributed by atoms with E-state index in [2.05, 4.69) is 15.3 Å². The first-order chi connectivity index (χ1) is 9.61. The van der Waals surface area contributed by atoms with Crippen molar-refractivity contribution in [2.75, 3.05) is 6.61 Å². The number of benzene rings is 1. The maximum atomic E-state index is 12.0. The zero-order valence-corrected chi connectivity index (χ0v) is 10.5. The molecular formula is C13H13N3O4. The van der Waals surface area contributed by atoms with Crippen LogP contribution < -0.4 is 5.32 Å². The van der Waals surface area contributed by atoms with Crippen molar-refractivity contribution >= 4 is 22.9 Å². The Hall–Kier alpha value is -2.54. The van der Waals surface area contributed by atoms with Crippen LogP contribution >= 0.6 is 0 Å². The van der Waals surface area contributed by atoms with Gasteiger partial charge in [0.05, 0.1) is 11.0 Å². The van der Waals surface area contributed by atoms with Gasteiger partial charge in [0.1, 0.15) is 6.04 Å². The Morgan fingerprint density at radius 2 is 1.90 bits per heavy atom. The van der Waals surface area contributed by atoms with Crippen LogP contribution in [0.15, 0.2) is 30.6 Å². The second-order valence-electron chi connectivity index (χ2n) is 4.14. The van der Waals surface area contributed by atoms with Gasteiger partial charge < -0.3 is 15.5 Å². The molecule has 0 aliphatic rings. The highest BCUT2D eigenvalue weighted by Gasteiger charge is 2.20. The molecule has 0 unspecified atom stereocenters. The smallest absolute Gasteiger partial charge is 0.326 e. The molecule has 2 rings (SSSR count). The number of aliphatic carboxylic acids is 1. The molecule has 0 saturated heterocycles. The third kappa shape index (κ3) is 3.07. The van der Waals surface area contributed by atoms with Crippen molar-refractivity contribution in [3.05, 3.63) is 36.2 Å². The molecular weight excluding hydrogens is 262 g/mol. The van der Waals surface area contributed by atoms with Crippen LogP contribution in [0.2, 0.25) is 0 Å². The van der Waals surface area contributed by atoms with Crippen molar-refractivity contribution in [1.29, 1.82) is 0 Å². The first-order valence-electron chi connectivity index (χ1n) is 5.97. The second kappa shape index (κ2) is 6.07. The van der Waals surface area contributed by atoms with E-state index in [1.165, 1.54) is 12.3 Å². The molecule has 1 heterocycles. The maximum absolute atomic E-state index is 12.0. The lowest BCUT2D eigenvalue weighted by molar-refractivity contribution is -0.139. The number of carboxylic acid groups (broad SMARTS) is 1. The largest absolute Gasteiger partial charge is 0.480 e. The minimum Gasteiger partial charge on any atom is -0.480 e. The fourth-order valence-electron chi connectivity index (χ4n) is 1.73. The summed E-state index contributed by atoms with van der Waals surface area (Å²) in [6.45, 7) is -0.319. The van der Waals surface area contributed by atoms with Crippen LogP contribution in [0, 0.1) is 0 Å². The summed E-state index contributed by atoms with van der Waals surface area (Å²) in [6.07, 6.45) is 3.01. The molecule has 0 radical (unpaired) electrons. The van der Waals surface area contributed by atoms with Gasteiger partial charge in [-0.3, -0.25) is 14.8 Å². The summed E-state index contributed by atoms with van der Waals surface area (Å²) in [5, 5.41) is 20.1. The Labute approximate surface area is 114 Å². The minimum absolute atomic E-state index is 0.0472. The Balaban J connectivity index is 2.20. The first kappa shape index (κ1) is 13.9. The first-order valence-corrected chi connectivity index (χ1v) is 5.97. The Bertz CT molecular complexity index is 644. The van der Waals surface area contributed by atoms with Crippen molar-refractivity contribution in [1.82, 2.24) is 15.3 Å². The van der Waals surface area contributed by atoms with E-state index in [9.17, 15) is 9.59 Å². The van der Waals surface area contributed by atoms with Crippen molar-refractivity contribution in [2.45, 2.75) is 12.5 Å². The summed E-state index contributed by atoms with van der Waals surface area (Å²) >= 11 is 0. The fraction of sp³-hybridized carbons (Fsp3) is 0.231. The predicted molar refractivity (Wildman–Crippen MR) is 70.1 cm³/mol. The van der Waals surface area contributed by atoms with Gasteiger partial charge in [-0.15, -0.1) is 0 Å². The number of amides is 1. The zero-order valence-electron chi connectivity index (χ0n) is 10.5. The summed E-state index contributed by atoms with van der Waals surface area (Å²) in [7, 11) is 0. The highest BCUT2D eigenvalue weighted by atomic mass is 16.4. The van der Waals surface area contributed by atoms with E-state index in [1.54, 1.807) is 18.3 Å². The Morgan fingerprint density at radius 3 is 2.55 bits per heavy atom. The van der Waals surface area contributed by atoms with Crippen molar-refractivity contribution in [3.8, 4) is 0 Å². The molecule has 0 bridgehead atoms. The van der Waals surface area contributed by atoms with E-state index in [0.29, 0.717) is 16.6 Å². The Kier molecular flexibility index (Phi) is 4.21. The van der Waals surface area contributed by atoms with Crippen molar-refractivity contribution in [3.63, 3.8) is 0 Å². The molecule has 7 heteroatoms. The number of aliphatic hydroxyl groups is 1. The van der Waals surface area contributed by atoms with Crippen LogP contribution in [0.25, 0.3) is 11.0 Å². The minimum atomic E-state index is -1.19. The van der Waals surface area contributed by atoms with Crippen LogP contribution in [-0.4, -0.2) is 44.7 Å². The van der Waals surface area contributed by atoms with E-state index < -0.39 is 17.9 Å². The van der Waals surface area contributed by atoms with Crippen LogP contribution in [0.5, 0.6) is 0 Å². The quantitative estimate of drug-likeness (QED) is 0.718. The summed E-state index contributed by atoms with van der Waals surface area (Å²) in [6, 6.07) is 3.60. The lowest BCUT2D eigenvalue weighted by Gasteiger charge is -2.13. The molecule has 20 heavy (non-hydrogen) atoms. The highest BCUT2D eigenvalue weighted by Crippen LogP contribution is 2.11. The SMILES string of the molecule is O=C(N[C@H](CCO)C(=O)O)c1ccc2nccnc2c1. The number of carbonyl (C=O) groups is 2. The van der Waals surface area contributed by atoms with E-state index >= 15 is 0 Å². The number of aromatic nitrogens is 2. The molecule has 0 aliphatic heterocycles. The molecule has 0 aliphatic carbocycles. The normalized spacial score (nSPS) is 12.1. The summed E-state index contributed by atoms with van der Waals surface area (Å²) in [5.74, 6) is -1.72. The molecule has 1 atom stereocenters. The fourth-order valence-corrected chi connectivity index (χ4v) is 1.73. The van der Waals surface area contributed by atoms with Gasteiger partial charge in [-0.1, -0.05) is 0 Å². The summed E-state index contributed by atoms with van der Waals surface area (Å²) < 4.78 is 0. The topological polar surface area (TPSA) is 112 Å². The zero-order chi connectivity index (χ0) is 14.5. The van der Waals surface area contributed by atoms with E-state index in [0.717, 1.165) is 0 Å². The number of hydrogen-bond acceptors (Lipinski definition) is 5. The number of hydrogen-bond donors (Lipinski definition) is 3. The number of rotatable bonds is 5. The van der Waals surface area contributed by atoms with Gasteiger partial charge in [0.2, 0.25) is 0 Å². The highest BCUT2D eigenvalue weighted by molar-refractivity contribution is 5.99. The molecule has 1 amide bonds. The monoisotopic (exact) mass is 275 g/mol. The van der Waals surface area contributed by atoms with Crippen LogP contribution in [0.4, 0.5) is 0 Å². The van der Waals surface area contributed by atoms with Crippen molar-refractivity contribution in [2.24, 2.45) is 0 Å². The molecule has 3 N–H and O–H groups in total. The summed E-state index contributed by atoms with van der Waals surface area (Å²) in [5.41, 5.74) is 1.49. The second-order valence-corrected chi connectivity index (χ2v) is 4.14. The molecule has 7 nitrogen and oxygen atoms in total. The van der Waals surface area contributed by atoms with Gasteiger partial charge in [-0.25, -0.2) is 4.79 Å². The van der Waals surface area contributed by atoms with E-state index in [1.807, 2.05) is 0 Å². The van der Waals surface area contributed by atoms with Gasteiger partial charge in [0.25, 0.3) is 5.91 Å². The lowest BCUT2D eigenvalue weighted by Crippen LogP contribution is -2.41. The molecule has 1 aromatic carbocycles. The van der Waals surface area contributed by atoms with Gasteiger partial charge in [0.15, 0.2) is 0 Å². The number of nitrogens with one attached hydrogen (secondary N) is 1.